The molecule has 1 aliphatic rings. The number of likely N-dealkylation sites (tertiary alicyclic amines) is 1. The summed E-state index contributed by atoms with van der Waals surface area (Å²) >= 11 is 0. The number of hydrogen-bond acceptors (Lipinski definition) is 2. The van der Waals surface area contributed by atoms with Gasteiger partial charge in [0.05, 0.1) is 5.56 Å². The largest absolute Gasteiger partial charge is 0.416 e. The second-order valence-electron chi connectivity index (χ2n) is 8.16. The van der Waals surface area contributed by atoms with E-state index in [2.05, 4.69) is 23.7 Å². The lowest BCUT2D eigenvalue weighted by molar-refractivity contribution is -0.137. The summed E-state index contributed by atoms with van der Waals surface area (Å²) in [7, 11) is 0. The lowest BCUT2D eigenvalue weighted by atomic mass is 10.0. The molecule has 1 aliphatic heterocycles. The molecule has 1 saturated heterocycles. The molecule has 1 N–H and O–H groups in total. The van der Waals surface area contributed by atoms with Crippen molar-refractivity contribution in [3.05, 3.63) is 78.0 Å². The van der Waals surface area contributed by atoms with Crippen LogP contribution in [0.2, 0.25) is 0 Å². The van der Waals surface area contributed by atoms with Gasteiger partial charge in [0, 0.05) is 37.1 Å². The molecule has 7 heteroatoms. The monoisotopic (exact) mass is 445 g/mol. The highest BCUT2D eigenvalue weighted by atomic mass is 19.4. The fourth-order valence-electron chi connectivity index (χ4n) is 4.06. The van der Waals surface area contributed by atoms with Crippen molar-refractivity contribution in [1.29, 1.82) is 0 Å². The van der Waals surface area contributed by atoms with Crippen molar-refractivity contribution in [3.63, 3.8) is 0 Å². The summed E-state index contributed by atoms with van der Waals surface area (Å²) in [6.07, 6.45) is -0.901. The maximum atomic E-state index is 13.2. The first kappa shape index (κ1) is 23.7. The Labute approximate surface area is 187 Å². The van der Waals surface area contributed by atoms with E-state index in [0.717, 1.165) is 62.2 Å². The summed E-state index contributed by atoms with van der Waals surface area (Å²) in [4.78, 5) is 17.2. The molecule has 0 aliphatic carbocycles. The van der Waals surface area contributed by atoms with Crippen LogP contribution in [0.1, 0.15) is 43.7 Å². The number of piperidine rings is 1. The Balaban J connectivity index is 1.75. The number of anilines is 1. The number of carbonyl (C=O) groups is 1. The van der Waals surface area contributed by atoms with Crippen LogP contribution in [0.15, 0.2) is 66.9 Å². The quantitative estimate of drug-likeness (QED) is 0.527. The van der Waals surface area contributed by atoms with Crippen LogP contribution >= 0.6 is 0 Å². The van der Waals surface area contributed by atoms with Gasteiger partial charge in [-0.1, -0.05) is 56.3 Å². The van der Waals surface area contributed by atoms with E-state index in [-0.39, 0.29) is 17.8 Å². The molecule has 1 fully saturated rings. The molecule has 32 heavy (non-hydrogen) atoms. The van der Waals surface area contributed by atoms with Gasteiger partial charge in [-0.3, -0.25) is 0 Å². The van der Waals surface area contributed by atoms with Gasteiger partial charge in [0.15, 0.2) is 0 Å². The highest BCUT2D eigenvalue weighted by Crippen LogP contribution is 2.31. The number of allylic oxidation sites excluding steroid dienone is 1. The van der Waals surface area contributed by atoms with E-state index in [4.69, 9.17) is 0 Å². The number of halogens is 3. The molecule has 0 spiro atoms. The molecular weight excluding hydrogens is 415 g/mol. The average molecular weight is 446 g/mol. The number of amides is 2. The molecule has 2 aromatic carbocycles. The normalized spacial score (nSPS) is 14.8. The van der Waals surface area contributed by atoms with Gasteiger partial charge in [0.1, 0.15) is 0 Å². The molecule has 172 valence electrons. The first-order valence-corrected chi connectivity index (χ1v) is 11.0. The van der Waals surface area contributed by atoms with Gasteiger partial charge in [-0.2, -0.15) is 13.2 Å². The topological polar surface area (TPSA) is 35.6 Å². The summed E-state index contributed by atoms with van der Waals surface area (Å²) < 4.78 is 39.2. The maximum Gasteiger partial charge on any atom is 0.416 e. The number of urea groups is 1. The third-order valence-corrected chi connectivity index (χ3v) is 5.79. The van der Waals surface area contributed by atoms with E-state index in [9.17, 15) is 18.0 Å². The molecule has 3 rings (SSSR count). The first-order chi connectivity index (χ1) is 15.3. The number of hydrogen-bond donors (Lipinski definition) is 1. The predicted molar refractivity (Wildman–Crippen MR) is 121 cm³/mol. The number of nitrogens with one attached hydrogen (secondary N) is 1. The van der Waals surface area contributed by atoms with Crippen LogP contribution in [0.4, 0.5) is 23.7 Å². The van der Waals surface area contributed by atoms with Crippen LogP contribution in [0.3, 0.4) is 0 Å². The third kappa shape index (κ3) is 6.28. The summed E-state index contributed by atoms with van der Waals surface area (Å²) in [5.74, 6) is 0. The van der Waals surface area contributed by atoms with E-state index in [1.165, 1.54) is 12.1 Å². The van der Waals surface area contributed by atoms with Crippen molar-refractivity contribution < 1.29 is 18.0 Å². The molecule has 0 atom stereocenters. The van der Waals surface area contributed by atoms with Crippen LogP contribution in [0, 0.1) is 0 Å². The van der Waals surface area contributed by atoms with Crippen LogP contribution in [-0.2, 0) is 12.7 Å². The van der Waals surface area contributed by atoms with E-state index in [1.807, 2.05) is 30.3 Å². The van der Waals surface area contributed by atoms with Crippen LogP contribution in [-0.4, -0.2) is 35.0 Å². The van der Waals surface area contributed by atoms with E-state index in [1.54, 1.807) is 4.90 Å². The molecule has 0 saturated carbocycles. The zero-order chi connectivity index (χ0) is 23.1. The summed E-state index contributed by atoms with van der Waals surface area (Å²) in [6.45, 7) is 8.31. The number of benzene rings is 2. The zero-order valence-electron chi connectivity index (χ0n) is 18.4. The second-order valence-corrected chi connectivity index (χ2v) is 8.16. The summed E-state index contributed by atoms with van der Waals surface area (Å²) in [5.41, 5.74) is 1.45. The number of carbonyl (C=O) groups excluding carboxylic acids is 1. The van der Waals surface area contributed by atoms with Crippen LogP contribution < -0.4 is 5.32 Å². The molecule has 4 nitrogen and oxygen atoms in total. The minimum atomic E-state index is -4.46. The maximum absolute atomic E-state index is 13.2. The minimum absolute atomic E-state index is 0.00770. The van der Waals surface area contributed by atoms with Crippen molar-refractivity contribution in [2.24, 2.45) is 0 Å². The van der Waals surface area contributed by atoms with Crippen molar-refractivity contribution in [2.45, 2.75) is 51.4 Å². The molecule has 0 bridgehead atoms. The highest BCUT2D eigenvalue weighted by Gasteiger charge is 2.31. The second kappa shape index (κ2) is 10.6. The fraction of sp³-hybridized carbons (Fsp3) is 0.400. The lowest BCUT2D eigenvalue weighted by Crippen LogP contribution is -2.48. The summed E-state index contributed by atoms with van der Waals surface area (Å²) in [5, 5.41) is 2.68. The Morgan fingerprint density at radius 2 is 1.81 bits per heavy atom. The van der Waals surface area contributed by atoms with Gasteiger partial charge in [0.2, 0.25) is 0 Å². The van der Waals surface area contributed by atoms with E-state index < -0.39 is 11.7 Å². The number of nitrogens with zero attached hydrogens (tertiary/aromatic N) is 2. The molecular formula is C25H30F3N3O. The first-order valence-electron chi connectivity index (χ1n) is 11.0. The Kier molecular flexibility index (Phi) is 7.83. The Morgan fingerprint density at radius 3 is 2.44 bits per heavy atom. The Morgan fingerprint density at radius 1 is 1.12 bits per heavy atom. The van der Waals surface area contributed by atoms with Crippen molar-refractivity contribution in [2.75, 3.05) is 18.4 Å². The third-order valence-electron chi connectivity index (χ3n) is 5.79. The fourth-order valence-corrected chi connectivity index (χ4v) is 4.06. The number of rotatable bonds is 7. The average Bonchev–Trinajstić information content (AvgIpc) is 2.78. The van der Waals surface area contributed by atoms with Crippen molar-refractivity contribution in [3.8, 4) is 0 Å². The van der Waals surface area contributed by atoms with E-state index >= 15 is 0 Å². The lowest BCUT2D eigenvalue weighted by Gasteiger charge is -2.40. The molecule has 2 aromatic rings. The predicted octanol–water partition coefficient (Wildman–Crippen LogP) is 6.52. The van der Waals surface area contributed by atoms with Crippen LogP contribution in [0.5, 0.6) is 0 Å². The molecule has 1 heterocycles. The molecule has 0 radical (unpaired) electrons. The zero-order valence-corrected chi connectivity index (χ0v) is 18.4. The van der Waals surface area contributed by atoms with E-state index in [0.29, 0.717) is 6.54 Å². The van der Waals surface area contributed by atoms with Gasteiger partial charge >= 0.3 is 12.2 Å². The van der Waals surface area contributed by atoms with Gasteiger partial charge in [0.25, 0.3) is 0 Å². The van der Waals surface area contributed by atoms with Crippen molar-refractivity contribution in [1.82, 2.24) is 9.80 Å². The van der Waals surface area contributed by atoms with Crippen LogP contribution in [0.25, 0.3) is 0 Å². The highest BCUT2D eigenvalue weighted by molar-refractivity contribution is 5.89. The van der Waals surface area contributed by atoms with Gasteiger partial charge in [-0.15, -0.1) is 0 Å². The Bertz CT molecular complexity index is 906. The van der Waals surface area contributed by atoms with Crippen molar-refractivity contribution >= 4 is 11.7 Å². The number of alkyl halides is 3. The smallest absolute Gasteiger partial charge is 0.375 e. The standard InChI is InChI=1S/C25H30F3N3O/c1-3-8-19(2)30-15-13-23(14-16-30)31(18-20-9-5-4-6-10-20)24(32)29-22-12-7-11-21(17-22)25(26,27)28/h4-7,9-12,17,23H,2-3,8,13-16,18H2,1H3,(H,29,32). The van der Waals surface area contributed by atoms with Gasteiger partial charge in [-0.05, 0) is 43.0 Å². The van der Waals surface area contributed by atoms with Gasteiger partial charge in [-0.25, -0.2) is 4.79 Å². The molecule has 0 aromatic heterocycles. The van der Waals surface area contributed by atoms with Gasteiger partial charge < -0.3 is 15.1 Å². The Hall–Kier alpha value is -2.96. The SMILES string of the molecule is C=C(CCC)N1CCC(N(Cc2ccccc2)C(=O)Nc2cccc(C(F)(F)F)c2)CC1. The summed E-state index contributed by atoms with van der Waals surface area (Å²) in [6, 6.07) is 14.0. The minimum Gasteiger partial charge on any atom is -0.375 e. The molecule has 2 amide bonds. The molecule has 0 unspecified atom stereocenters.